The SMILES string of the molecule is COC(=O)[C@H]1C(=O)C2=C(CCCO2)[C@@H]1C1CCCCC1. The second-order valence-electron chi connectivity index (χ2n) is 6.10. The van der Waals surface area contributed by atoms with Crippen LogP contribution in [0.25, 0.3) is 0 Å². The Labute approximate surface area is 119 Å². The monoisotopic (exact) mass is 278 g/mol. The van der Waals surface area contributed by atoms with Gasteiger partial charge >= 0.3 is 5.97 Å². The third kappa shape index (κ3) is 2.15. The lowest BCUT2D eigenvalue weighted by molar-refractivity contribution is -0.150. The summed E-state index contributed by atoms with van der Waals surface area (Å²) in [4.78, 5) is 24.6. The molecule has 0 saturated heterocycles. The van der Waals surface area contributed by atoms with Crippen LogP contribution in [0, 0.1) is 17.8 Å². The van der Waals surface area contributed by atoms with E-state index in [1.54, 1.807) is 0 Å². The second-order valence-corrected chi connectivity index (χ2v) is 6.10. The van der Waals surface area contributed by atoms with Gasteiger partial charge in [0.25, 0.3) is 0 Å². The smallest absolute Gasteiger partial charge is 0.317 e. The third-order valence-electron chi connectivity index (χ3n) is 5.01. The van der Waals surface area contributed by atoms with Crippen LogP contribution in [0.4, 0.5) is 0 Å². The summed E-state index contributed by atoms with van der Waals surface area (Å²) < 4.78 is 10.5. The third-order valence-corrected chi connectivity index (χ3v) is 5.01. The number of allylic oxidation sites excluding steroid dienone is 2. The van der Waals surface area contributed by atoms with E-state index in [-0.39, 0.29) is 17.7 Å². The number of Topliss-reactive ketones (excluding diaryl/α,β-unsaturated/α-hetero) is 1. The predicted octanol–water partition coefficient (Wildman–Crippen LogP) is 2.62. The molecule has 0 unspecified atom stereocenters. The molecule has 4 heteroatoms. The summed E-state index contributed by atoms with van der Waals surface area (Å²) in [6, 6.07) is 0. The zero-order valence-electron chi connectivity index (χ0n) is 12.0. The van der Waals surface area contributed by atoms with Gasteiger partial charge in [-0.05, 0) is 37.2 Å². The number of hydrogen-bond acceptors (Lipinski definition) is 4. The van der Waals surface area contributed by atoms with E-state index in [4.69, 9.17) is 9.47 Å². The van der Waals surface area contributed by atoms with E-state index in [1.807, 2.05) is 0 Å². The van der Waals surface area contributed by atoms with E-state index in [2.05, 4.69) is 0 Å². The summed E-state index contributed by atoms with van der Waals surface area (Å²) in [6.45, 7) is 0.593. The number of carbonyl (C=O) groups is 2. The molecule has 0 spiro atoms. The van der Waals surface area contributed by atoms with Gasteiger partial charge in [-0.15, -0.1) is 0 Å². The molecule has 0 aromatic carbocycles. The molecule has 3 aliphatic rings. The standard InChI is InChI=1S/C16H22O4/c1-19-16(18)13-12(10-6-3-2-4-7-10)11-8-5-9-20-15(11)14(13)17/h10,12-13H,2-9H2,1H3/t12-,13+/m0/s1. The first-order valence-electron chi connectivity index (χ1n) is 7.72. The molecule has 0 amide bonds. The lowest BCUT2D eigenvalue weighted by Gasteiger charge is -2.32. The van der Waals surface area contributed by atoms with Crippen LogP contribution in [0.1, 0.15) is 44.9 Å². The molecular formula is C16H22O4. The first-order valence-corrected chi connectivity index (χ1v) is 7.72. The molecule has 0 aromatic heterocycles. The Bertz CT molecular complexity index is 445. The van der Waals surface area contributed by atoms with Crippen molar-refractivity contribution in [1.29, 1.82) is 0 Å². The van der Waals surface area contributed by atoms with Crippen molar-refractivity contribution in [3.8, 4) is 0 Å². The van der Waals surface area contributed by atoms with Crippen molar-refractivity contribution in [1.82, 2.24) is 0 Å². The summed E-state index contributed by atoms with van der Waals surface area (Å²) in [7, 11) is 1.37. The molecule has 110 valence electrons. The van der Waals surface area contributed by atoms with Crippen molar-refractivity contribution in [2.45, 2.75) is 44.9 Å². The van der Waals surface area contributed by atoms with Crippen molar-refractivity contribution in [2.75, 3.05) is 13.7 Å². The molecule has 20 heavy (non-hydrogen) atoms. The highest BCUT2D eigenvalue weighted by molar-refractivity contribution is 6.10. The zero-order chi connectivity index (χ0) is 14.1. The Kier molecular flexibility index (Phi) is 3.81. The summed E-state index contributed by atoms with van der Waals surface area (Å²) in [5, 5.41) is 0. The quantitative estimate of drug-likeness (QED) is 0.575. The maximum absolute atomic E-state index is 12.5. The molecule has 0 N–H and O–H groups in total. The Morgan fingerprint density at radius 2 is 1.95 bits per heavy atom. The number of ketones is 1. The molecule has 2 atom stereocenters. The van der Waals surface area contributed by atoms with Crippen LogP contribution >= 0.6 is 0 Å². The average molecular weight is 278 g/mol. The summed E-state index contributed by atoms with van der Waals surface area (Å²) in [5.74, 6) is -0.212. The molecule has 0 radical (unpaired) electrons. The molecule has 0 bridgehead atoms. The van der Waals surface area contributed by atoms with E-state index < -0.39 is 5.92 Å². The van der Waals surface area contributed by atoms with Crippen molar-refractivity contribution in [2.24, 2.45) is 17.8 Å². The highest BCUT2D eigenvalue weighted by Gasteiger charge is 2.51. The van der Waals surface area contributed by atoms with Gasteiger partial charge in [0.05, 0.1) is 13.7 Å². The number of rotatable bonds is 2. The van der Waals surface area contributed by atoms with Gasteiger partial charge in [0, 0.05) is 5.92 Å². The van der Waals surface area contributed by atoms with Crippen LogP contribution in [-0.2, 0) is 19.1 Å². The van der Waals surface area contributed by atoms with Gasteiger partial charge in [0.1, 0.15) is 5.92 Å². The Balaban J connectivity index is 1.93. The fourth-order valence-electron chi connectivity index (χ4n) is 4.13. The first-order chi connectivity index (χ1) is 9.74. The maximum atomic E-state index is 12.5. The van der Waals surface area contributed by atoms with Gasteiger partial charge < -0.3 is 9.47 Å². The van der Waals surface area contributed by atoms with Crippen LogP contribution < -0.4 is 0 Å². The molecule has 4 nitrogen and oxygen atoms in total. The van der Waals surface area contributed by atoms with Gasteiger partial charge in [-0.25, -0.2) is 0 Å². The average Bonchev–Trinajstić information content (AvgIpc) is 2.81. The second kappa shape index (κ2) is 5.58. The van der Waals surface area contributed by atoms with Crippen LogP contribution in [0.2, 0.25) is 0 Å². The molecule has 1 saturated carbocycles. The van der Waals surface area contributed by atoms with Crippen LogP contribution in [0.3, 0.4) is 0 Å². The fraction of sp³-hybridized carbons (Fsp3) is 0.750. The van der Waals surface area contributed by atoms with Crippen LogP contribution in [0.5, 0.6) is 0 Å². The minimum atomic E-state index is -0.647. The molecule has 0 aromatic rings. The Morgan fingerprint density at radius 3 is 2.65 bits per heavy atom. The van der Waals surface area contributed by atoms with Crippen molar-refractivity contribution in [3.05, 3.63) is 11.3 Å². The van der Waals surface area contributed by atoms with E-state index in [0.717, 1.165) is 31.3 Å². The molecule has 1 fully saturated rings. The lowest BCUT2D eigenvalue weighted by atomic mass is 9.72. The molecule has 3 rings (SSSR count). The predicted molar refractivity (Wildman–Crippen MR) is 72.8 cm³/mol. The Hall–Kier alpha value is -1.32. The summed E-state index contributed by atoms with van der Waals surface area (Å²) in [6.07, 6.45) is 7.74. The topological polar surface area (TPSA) is 52.6 Å². The molecule has 2 aliphatic carbocycles. The van der Waals surface area contributed by atoms with Gasteiger partial charge in [0.15, 0.2) is 5.76 Å². The van der Waals surface area contributed by atoms with Crippen molar-refractivity contribution in [3.63, 3.8) is 0 Å². The van der Waals surface area contributed by atoms with Crippen molar-refractivity contribution >= 4 is 11.8 Å². The highest BCUT2D eigenvalue weighted by atomic mass is 16.5. The van der Waals surface area contributed by atoms with Crippen LogP contribution in [-0.4, -0.2) is 25.5 Å². The number of esters is 1. The van der Waals surface area contributed by atoms with Crippen molar-refractivity contribution < 1.29 is 19.1 Å². The van der Waals surface area contributed by atoms with Gasteiger partial charge in [-0.3, -0.25) is 9.59 Å². The van der Waals surface area contributed by atoms with Gasteiger partial charge in [-0.1, -0.05) is 19.3 Å². The number of methoxy groups -OCH3 is 1. The fourth-order valence-corrected chi connectivity index (χ4v) is 4.13. The Morgan fingerprint density at radius 1 is 1.20 bits per heavy atom. The number of carbonyl (C=O) groups excluding carboxylic acids is 2. The number of ether oxygens (including phenoxy) is 2. The lowest BCUT2D eigenvalue weighted by Crippen LogP contribution is -2.33. The van der Waals surface area contributed by atoms with Gasteiger partial charge in [-0.2, -0.15) is 0 Å². The highest BCUT2D eigenvalue weighted by Crippen LogP contribution is 2.48. The summed E-state index contributed by atoms with van der Waals surface area (Å²) >= 11 is 0. The molecule has 1 heterocycles. The van der Waals surface area contributed by atoms with E-state index >= 15 is 0 Å². The zero-order valence-corrected chi connectivity index (χ0v) is 12.0. The van der Waals surface area contributed by atoms with E-state index in [9.17, 15) is 9.59 Å². The normalized spacial score (nSPS) is 30.9. The summed E-state index contributed by atoms with van der Waals surface area (Å²) in [5.41, 5.74) is 1.10. The number of hydrogen-bond donors (Lipinski definition) is 0. The van der Waals surface area contributed by atoms with Crippen LogP contribution in [0.15, 0.2) is 11.3 Å². The van der Waals surface area contributed by atoms with Gasteiger partial charge in [0.2, 0.25) is 5.78 Å². The van der Waals surface area contributed by atoms with E-state index in [0.29, 0.717) is 18.3 Å². The first kappa shape index (κ1) is 13.7. The van der Waals surface area contributed by atoms with E-state index in [1.165, 1.54) is 26.4 Å². The molecule has 1 aliphatic heterocycles. The maximum Gasteiger partial charge on any atom is 0.317 e. The largest absolute Gasteiger partial charge is 0.490 e. The molecular weight excluding hydrogens is 256 g/mol. The minimum Gasteiger partial charge on any atom is -0.490 e. The minimum absolute atomic E-state index is 0.0329.